The Bertz CT molecular complexity index is 393. The van der Waals surface area contributed by atoms with E-state index >= 15 is 0 Å². The molecule has 0 saturated heterocycles. The van der Waals surface area contributed by atoms with Crippen LogP contribution in [0.3, 0.4) is 0 Å². The maximum atomic E-state index is 4.32. The molecular weight excluding hydrogens is 222 g/mol. The minimum Gasteiger partial charge on any atom is -0.305 e. The highest BCUT2D eigenvalue weighted by Crippen LogP contribution is 2.55. The number of hydrogen-bond donors (Lipinski definition) is 2. The van der Waals surface area contributed by atoms with Crippen LogP contribution in [0.25, 0.3) is 0 Å². The minimum atomic E-state index is 0.353. The highest BCUT2D eigenvalue weighted by molar-refractivity contribution is 5.32. The summed E-state index contributed by atoms with van der Waals surface area (Å²) in [6.07, 6.45) is 10.4. The summed E-state index contributed by atoms with van der Waals surface area (Å²) in [5.74, 6) is 3.88. The van der Waals surface area contributed by atoms with Gasteiger partial charge in [0.05, 0.1) is 0 Å². The number of hydrogen-bond acceptors (Lipinski definition) is 3. The molecule has 4 saturated carbocycles. The van der Waals surface area contributed by atoms with Gasteiger partial charge in [-0.15, -0.1) is 0 Å². The molecule has 18 heavy (non-hydrogen) atoms. The van der Waals surface area contributed by atoms with Crippen molar-refractivity contribution >= 4 is 5.82 Å². The molecule has 4 aliphatic rings. The quantitative estimate of drug-likeness (QED) is 0.801. The van der Waals surface area contributed by atoms with Crippen molar-refractivity contribution in [1.29, 1.82) is 0 Å². The number of nitrogens with zero attached hydrogens (tertiary/aromatic N) is 1. The Kier molecular flexibility index (Phi) is 2.37. The van der Waals surface area contributed by atoms with Crippen molar-refractivity contribution in [2.75, 3.05) is 5.43 Å². The second kappa shape index (κ2) is 3.95. The van der Waals surface area contributed by atoms with Gasteiger partial charge in [0.25, 0.3) is 0 Å². The first-order valence-electron chi connectivity index (χ1n) is 7.26. The van der Waals surface area contributed by atoms with E-state index in [-0.39, 0.29) is 0 Å². The molecule has 0 atom stereocenters. The van der Waals surface area contributed by atoms with E-state index in [0.29, 0.717) is 5.54 Å². The van der Waals surface area contributed by atoms with Crippen molar-refractivity contribution in [3.05, 3.63) is 24.4 Å². The molecule has 3 nitrogen and oxygen atoms in total. The van der Waals surface area contributed by atoms with Gasteiger partial charge in [0.2, 0.25) is 0 Å². The zero-order valence-corrected chi connectivity index (χ0v) is 10.7. The molecule has 4 fully saturated rings. The average Bonchev–Trinajstić information content (AvgIpc) is 2.36. The Morgan fingerprint density at radius 3 is 2.22 bits per heavy atom. The van der Waals surface area contributed by atoms with E-state index in [1.807, 2.05) is 24.4 Å². The summed E-state index contributed by atoms with van der Waals surface area (Å²) in [6.45, 7) is 0. The smallest absolute Gasteiger partial charge is 0.140 e. The van der Waals surface area contributed by atoms with E-state index in [0.717, 1.165) is 23.6 Å². The van der Waals surface area contributed by atoms with E-state index in [4.69, 9.17) is 0 Å². The molecule has 0 aliphatic heterocycles. The molecule has 0 spiro atoms. The van der Waals surface area contributed by atoms with Crippen LogP contribution in [0.5, 0.6) is 0 Å². The van der Waals surface area contributed by atoms with Crippen LogP contribution in [0, 0.1) is 17.8 Å². The van der Waals surface area contributed by atoms with E-state index in [9.17, 15) is 0 Å². The molecule has 3 heteroatoms. The first kappa shape index (κ1) is 10.8. The van der Waals surface area contributed by atoms with Crippen LogP contribution in [0.4, 0.5) is 5.82 Å². The molecule has 0 radical (unpaired) electrons. The molecule has 1 aromatic heterocycles. The highest BCUT2D eigenvalue weighted by atomic mass is 15.4. The SMILES string of the molecule is c1ccc(NNC23CC4CC(CC(C4)C2)C3)nc1. The van der Waals surface area contributed by atoms with Gasteiger partial charge < -0.3 is 5.43 Å². The molecule has 1 heterocycles. The number of pyridine rings is 1. The third-order valence-electron chi connectivity index (χ3n) is 5.16. The fourth-order valence-electron chi connectivity index (χ4n) is 4.90. The summed E-state index contributed by atoms with van der Waals surface area (Å²) in [5.41, 5.74) is 7.33. The fourth-order valence-corrected chi connectivity index (χ4v) is 4.90. The van der Waals surface area contributed by atoms with Crippen molar-refractivity contribution in [3.63, 3.8) is 0 Å². The van der Waals surface area contributed by atoms with Crippen molar-refractivity contribution < 1.29 is 0 Å². The number of anilines is 1. The molecule has 1 aromatic rings. The van der Waals surface area contributed by atoms with Crippen molar-refractivity contribution in [1.82, 2.24) is 10.4 Å². The molecule has 5 rings (SSSR count). The standard InChI is InChI=1S/C15H21N3/c1-2-4-16-14(3-1)17-18-15-8-11-5-12(9-15)7-13(6-11)10-15/h1-4,11-13,18H,5-10H2,(H,16,17). The third kappa shape index (κ3) is 1.81. The monoisotopic (exact) mass is 243 g/mol. The van der Waals surface area contributed by atoms with E-state index in [2.05, 4.69) is 15.8 Å². The van der Waals surface area contributed by atoms with E-state index in [1.54, 1.807) is 0 Å². The van der Waals surface area contributed by atoms with Gasteiger partial charge in [-0.1, -0.05) is 6.07 Å². The fraction of sp³-hybridized carbons (Fsp3) is 0.667. The Morgan fingerprint density at radius 2 is 1.67 bits per heavy atom. The highest BCUT2D eigenvalue weighted by Gasteiger charge is 2.50. The maximum Gasteiger partial charge on any atom is 0.140 e. The second-order valence-corrected chi connectivity index (χ2v) is 6.66. The van der Waals surface area contributed by atoms with Gasteiger partial charge in [0.15, 0.2) is 0 Å². The molecule has 4 aliphatic carbocycles. The summed E-state index contributed by atoms with van der Waals surface area (Å²) in [6, 6.07) is 6.00. The van der Waals surface area contributed by atoms with Gasteiger partial charge in [-0.25, -0.2) is 10.4 Å². The molecule has 4 bridgehead atoms. The summed E-state index contributed by atoms with van der Waals surface area (Å²) < 4.78 is 0. The molecule has 0 aromatic carbocycles. The predicted octanol–water partition coefficient (Wildman–Crippen LogP) is 2.97. The number of aromatic nitrogens is 1. The average molecular weight is 243 g/mol. The minimum absolute atomic E-state index is 0.353. The van der Waals surface area contributed by atoms with Crippen LogP contribution in [-0.2, 0) is 0 Å². The predicted molar refractivity (Wildman–Crippen MR) is 71.9 cm³/mol. The van der Waals surface area contributed by atoms with Crippen LogP contribution >= 0.6 is 0 Å². The zero-order valence-electron chi connectivity index (χ0n) is 10.7. The van der Waals surface area contributed by atoms with Gasteiger partial charge in [0, 0.05) is 11.7 Å². The molecule has 96 valence electrons. The summed E-state index contributed by atoms with van der Waals surface area (Å²) in [5, 5.41) is 0. The normalized spacial score (nSPS) is 41.0. The summed E-state index contributed by atoms with van der Waals surface area (Å²) in [7, 11) is 0. The third-order valence-corrected chi connectivity index (χ3v) is 5.16. The van der Waals surface area contributed by atoms with Crippen molar-refractivity contribution in [2.45, 2.75) is 44.1 Å². The van der Waals surface area contributed by atoms with Crippen LogP contribution in [0.1, 0.15) is 38.5 Å². The lowest BCUT2D eigenvalue weighted by Gasteiger charge is -2.56. The van der Waals surface area contributed by atoms with E-state index < -0.39 is 0 Å². The lowest BCUT2D eigenvalue weighted by Crippen LogP contribution is -2.59. The Hall–Kier alpha value is -1.09. The van der Waals surface area contributed by atoms with E-state index in [1.165, 1.54) is 38.5 Å². The Balaban J connectivity index is 1.48. The number of hydrazine groups is 1. The molecule has 2 N–H and O–H groups in total. The van der Waals surface area contributed by atoms with Crippen LogP contribution in [-0.4, -0.2) is 10.5 Å². The van der Waals surface area contributed by atoms with Gasteiger partial charge >= 0.3 is 0 Å². The van der Waals surface area contributed by atoms with Crippen LogP contribution in [0.2, 0.25) is 0 Å². The molecule has 0 amide bonds. The lowest BCUT2D eigenvalue weighted by molar-refractivity contribution is -0.0160. The van der Waals surface area contributed by atoms with Crippen LogP contribution < -0.4 is 10.9 Å². The van der Waals surface area contributed by atoms with Gasteiger partial charge in [-0.05, 0) is 68.4 Å². The summed E-state index contributed by atoms with van der Waals surface area (Å²) in [4.78, 5) is 4.32. The Morgan fingerprint density at radius 1 is 1.00 bits per heavy atom. The number of nitrogens with one attached hydrogen (secondary N) is 2. The first-order valence-corrected chi connectivity index (χ1v) is 7.26. The van der Waals surface area contributed by atoms with Crippen LogP contribution in [0.15, 0.2) is 24.4 Å². The molecular formula is C15H21N3. The van der Waals surface area contributed by atoms with Gasteiger partial charge in [0.1, 0.15) is 5.82 Å². The van der Waals surface area contributed by atoms with Crippen molar-refractivity contribution in [3.8, 4) is 0 Å². The number of rotatable bonds is 3. The zero-order chi connectivity index (χ0) is 12.0. The maximum absolute atomic E-state index is 4.32. The van der Waals surface area contributed by atoms with Gasteiger partial charge in [-0.2, -0.15) is 0 Å². The summed E-state index contributed by atoms with van der Waals surface area (Å²) >= 11 is 0. The largest absolute Gasteiger partial charge is 0.305 e. The van der Waals surface area contributed by atoms with Crippen molar-refractivity contribution in [2.24, 2.45) is 17.8 Å². The lowest BCUT2D eigenvalue weighted by atomic mass is 9.53. The topological polar surface area (TPSA) is 37.0 Å². The second-order valence-electron chi connectivity index (χ2n) is 6.66. The van der Waals surface area contributed by atoms with Gasteiger partial charge in [-0.3, -0.25) is 0 Å². The Labute approximate surface area is 108 Å². The molecule has 0 unspecified atom stereocenters. The first-order chi connectivity index (χ1) is 8.81.